The summed E-state index contributed by atoms with van der Waals surface area (Å²) < 4.78 is 12.6. The van der Waals surface area contributed by atoms with Gasteiger partial charge in [0.15, 0.2) is 11.5 Å². The Morgan fingerprint density at radius 2 is 1.74 bits per heavy atom. The molecule has 4 aromatic rings. The highest BCUT2D eigenvalue weighted by Crippen LogP contribution is 2.28. The number of benzene rings is 1. The molecule has 0 saturated carbocycles. The number of carbonyl (C=O) groups is 1. The van der Waals surface area contributed by atoms with E-state index in [1.54, 1.807) is 24.5 Å². The highest BCUT2D eigenvalue weighted by molar-refractivity contribution is 5.93. The monoisotopic (exact) mass is 417 g/mol. The average molecular weight is 417 g/mol. The van der Waals surface area contributed by atoms with E-state index < -0.39 is 0 Å². The molecule has 158 valence electrons. The summed E-state index contributed by atoms with van der Waals surface area (Å²) in [6.07, 6.45) is 1.56. The summed E-state index contributed by atoms with van der Waals surface area (Å²) in [6.45, 7) is 6.80. The lowest BCUT2D eigenvalue weighted by Gasteiger charge is -2.35. The molecular formula is C23H23N5O3. The molecule has 1 aliphatic rings. The molecule has 1 aliphatic heterocycles. The summed E-state index contributed by atoms with van der Waals surface area (Å²) in [4.78, 5) is 17.0. The Kier molecular flexibility index (Phi) is 4.82. The SMILES string of the molecule is Cc1nn(-c2ccccc2)c(C)c1N1CCN(C(=O)c2cc(-c3ccco3)on2)CC1. The standard InChI is InChI=1S/C23H23N5O3/c1-16-22(17(2)28(24-16)18-7-4-3-5-8-18)26-10-12-27(13-11-26)23(29)19-15-21(31-25-19)20-9-6-14-30-20/h3-9,14-15H,10-13H2,1-2H3. The molecule has 5 rings (SSSR count). The van der Waals surface area contributed by atoms with Crippen LogP contribution in [0, 0.1) is 13.8 Å². The Bertz CT molecular complexity index is 1190. The molecule has 8 heteroatoms. The van der Waals surface area contributed by atoms with Crippen molar-refractivity contribution in [3.8, 4) is 17.2 Å². The first-order chi connectivity index (χ1) is 15.1. The van der Waals surface area contributed by atoms with E-state index in [0.29, 0.717) is 30.3 Å². The maximum Gasteiger partial charge on any atom is 0.276 e. The number of anilines is 1. The van der Waals surface area contributed by atoms with Crippen LogP contribution in [-0.4, -0.2) is 51.9 Å². The molecule has 1 saturated heterocycles. The van der Waals surface area contributed by atoms with Crippen LogP contribution >= 0.6 is 0 Å². The number of nitrogens with zero attached hydrogens (tertiary/aromatic N) is 5. The lowest BCUT2D eigenvalue weighted by molar-refractivity contribution is 0.0736. The average Bonchev–Trinajstić information content (AvgIpc) is 3.55. The first-order valence-electron chi connectivity index (χ1n) is 10.3. The molecule has 4 heterocycles. The van der Waals surface area contributed by atoms with Crippen molar-refractivity contribution in [2.45, 2.75) is 13.8 Å². The number of hydrogen-bond acceptors (Lipinski definition) is 6. The largest absolute Gasteiger partial charge is 0.461 e. The van der Waals surface area contributed by atoms with Gasteiger partial charge in [0.2, 0.25) is 5.76 Å². The summed E-state index contributed by atoms with van der Waals surface area (Å²) in [7, 11) is 0. The Labute approximate surface area is 179 Å². The molecule has 1 fully saturated rings. The van der Waals surface area contributed by atoms with Gasteiger partial charge in [0.25, 0.3) is 5.91 Å². The molecule has 1 amide bonds. The minimum absolute atomic E-state index is 0.130. The van der Waals surface area contributed by atoms with Crippen LogP contribution in [0.25, 0.3) is 17.2 Å². The second kappa shape index (κ2) is 7.79. The second-order valence-electron chi connectivity index (χ2n) is 7.60. The molecule has 0 aliphatic carbocycles. The smallest absolute Gasteiger partial charge is 0.276 e. The quantitative estimate of drug-likeness (QED) is 0.504. The number of para-hydroxylation sites is 1. The number of hydrogen-bond donors (Lipinski definition) is 0. The number of aryl methyl sites for hydroxylation is 1. The number of furan rings is 1. The predicted octanol–water partition coefficient (Wildman–Crippen LogP) is 3.70. The Balaban J connectivity index is 1.29. The van der Waals surface area contributed by atoms with E-state index in [-0.39, 0.29) is 5.91 Å². The van der Waals surface area contributed by atoms with Crippen molar-refractivity contribution in [1.29, 1.82) is 0 Å². The molecule has 0 atom stereocenters. The molecule has 1 aromatic carbocycles. The third-order valence-corrected chi connectivity index (χ3v) is 5.63. The van der Waals surface area contributed by atoms with Crippen molar-refractivity contribution in [1.82, 2.24) is 19.8 Å². The number of piperazine rings is 1. The summed E-state index contributed by atoms with van der Waals surface area (Å²) in [5.74, 6) is 0.874. The maximum atomic E-state index is 12.9. The summed E-state index contributed by atoms with van der Waals surface area (Å²) in [5.41, 5.74) is 4.56. The number of rotatable bonds is 4. The number of amides is 1. The first-order valence-corrected chi connectivity index (χ1v) is 10.3. The molecule has 0 bridgehead atoms. The zero-order valence-corrected chi connectivity index (χ0v) is 17.5. The van der Waals surface area contributed by atoms with Gasteiger partial charge in [-0.3, -0.25) is 4.79 Å². The third-order valence-electron chi connectivity index (χ3n) is 5.63. The van der Waals surface area contributed by atoms with E-state index in [4.69, 9.17) is 14.0 Å². The van der Waals surface area contributed by atoms with Gasteiger partial charge >= 0.3 is 0 Å². The van der Waals surface area contributed by atoms with Crippen molar-refractivity contribution < 1.29 is 13.7 Å². The maximum absolute atomic E-state index is 12.9. The van der Waals surface area contributed by atoms with Crippen molar-refractivity contribution in [2.24, 2.45) is 0 Å². The molecule has 8 nitrogen and oxygen atoms in total. The molecule has 0 radical (unpaired) electrons. The van der Waals surface area contributed by atoms with Gasteiger partial charge in [0.05, 0.1) is 29.0 Å². The summed E-state index contributed by atoms with van der Waals surface area (Å²) >= 11 is 0. The van der Waals surface area contributed by atoms with E-state index in [9.17, 15) is 4.79 Å². The minimum Gasteiger partial charge on any atom is -0.461 e. The zero-order chi connectivity index (χ0) is 21.4. The fraction of sp³-hybridized carbons (Fsp3) is 0.261. The Morgan fingerprint density at radius 3 is 2.45 bits per heavy atom. The van der Waals surface area contributed by atoms with Gasteiger partial charge in [-0.2, -0.15) is 5.10 Å². The summed E-state index contributed by atoms with van der Waals surface area (Å²) in [5, 5.41) is 8.68. The lowest BCUT2D eigenvalue weighted by Crippen LogP contribution is -2.49. The molecular weight excluding hydrogens is 394 g/mol. The van der Waals surface area contributed by atoms with Crippen molar-refractivity contribution in [3.05, 3.63) is 71.9 Å². The van der Waals surface area contributed by atoms with Crippen molar-refractivity contribution in [2.75, 3.05) is 31.1 Å². The van der Waals surface area contributed by atoms with E-state index >= 15 is 0 Å². The molecule has 31 heavy (non-hydrogen) atoms. The van der Waals surface area contributed by atoms with Crippen LogP contribution in [0.4, 0.5) is 5.69 Å². The zero-order valence-electron chi connectivity index (χ0n) is 17.5. The summed E-state index contributed by atoms with van der Waals surface area (Å²) in [6, 6.07) is 15.3. The van der Waals surface area contributed by atoms with Gasteiger partial charge in [-0.1, -0.05) is 23.4 Å². The van der Waals surface area contributed by atoms with Gasteiger partial charge in [-0.05, 0) is 38.1 Å². The molecule has 0 N–H and O–H groups in total. The normalized spacial score (nSPS) is 14.3. The van der Waals surface area contributed by atoms with Crippen LogP contribution in [0.3, 0.4) is 0 Å². The fourth-order valence-electron chi connectivity index (χ4n) is 4.12. The Hall–Kier alpha value is -3.81. The lowest BCUT2D eigenvalue weighted by atomic mass is 10.2. The minimum atomic E-state index is -0.130. The van der Waals surface area contributed by atoms with Gasteiger partial charge in [-0.15, -0.1) is 0 Å². The van der Waals surface area contributed by atoms with Crippen molar-refractivity contribution in [3.63, 3.8) is 0 Å². The molecule has 3 aromatic heterocycles. The van der Waals surface area contributed by atoms with Crippen LogP contribution in [0.2, 0.25) is 0 Å². The van der Waals surface area contributed by atoms with Crippen molar-refractivity contribution >= 4 is 11.6 Å². The highest BCUT2D eigenvalue weighted by atomic mass is 16.5. The van der Waals surface area contributed by atoms with E-state index in [1.807, 2.05) is 34.7 Å². The first kappa shape index (κ1) is 19.2. The van der Waals surface area contributed by atoms with E-state index in [2.05, 4.69) is 29.1 Å². The van der Waals surface area contributed by atoms with Gasteiger partial charge in [0, 0.05) is 32.2 Å². The topological polar surface area (TPSA) is 80.5 Å². The molecule has 0 unspecified atom stereocenters. The predicted molar refractivity (Wildman–Crippen MR) is 115 cm³/mol. The highest BCUT2D eigenvalue weighted by Gasteiger charge is 2.28. The van der Waals surface area contributed by atoms with E-state index in [0.717, 1.165) is 35.9 Å². The third kappa shape index (κ3) is 3.50. The van der Waals surface area contributed by atoms with Crippen LogP contribution in [0.5, 0.6) is 0 Å². The van der Waals surface area contributed by atoms with Gasteiger partial charge < -0.3 is 18.7 Å². The number of carbonyl (C=O) groups excluding carboxylic acids is 1. The van der Waals surface area contributed by atoms with Gasteiger partial charge in [-0.25, -0.2) is 4.68 Å². The van der Waals surface area contributed by atoms with Gasteiger partial charge in [0.1, 0.15) is 0 Å². The number of aromatic nitrogens is 3. The van der Waals surface area contributed by atoms with Crippen LogP contribution in [0.1, 0.15) is 21.9 Å². The van der Waals surface area contributed by atoms with E-state index in [1.165, 1.54) is 0 Å². The fourth-order valence-corrected chi connectivity index (χ4v) is 4.12. The van der Waals surface area contributed by atoms with Crippen LogP contribution in [0.15, 0.2) is 63.7 Å². The Morgan fingerprint density at radius 1 is 0.968 bits per heavy atom. The molecule has 0 spiro atoms. The van der Waals surface area contributed by atoms with Crippen LogP contribution in [-0.2, 0) is 0 Å². The van der Waals surface area contributed by atoms with Crippen LogP contribution < -0.4 is 4.90 Å². The second-order valence-corrected chi connectivity index (χ2v) is 7.60.